The molecule has 26 heavy (non-hydrogen) atoms. The lowest BCUT2D eigenvalue weighted by molar-refractivity contribution is -0.134. The number of pyridine rings is 1. The number of hydrogen-bond donors (Lipinski definition) is 0. The Morgan fingerprint density at radius 1 is 1.00 bits per heavy atom. The van der Waals surface area contributed by atoms with Gasteiger partial charge in [0.25, 0.3) is 11.5 Å². The van der Waals surface area contributed by atoms with Crippen LogP contribution in [0.15, 0.2) is 47.4 Å². The van der Waals surface area contributed by atoms with Crippen molar-refractivity contribution in [1.82, 2.24) is 9.47 Å². The van der Waals surface area contributed by atoms with Crippen molar-refractivity contribution in [2.45, 2.75) is 32.2 Å². The number of halogens is 1. The summed E-state index contributed by atoms with van der Waals surface area (Å²) in [5.41, 5.74) is 0.560. The van der Waals surface area contributed by atoms with Gasteiger partial charge in [0.05, 0.1) is 0 Å². The van der Waals surface area contributed by atoms with Crippen LogP contribution in [0.4, 0.5) is 4.39 Å². The zero-order chi connectivity index (χ0) is 18.7. The van der Waals surface area contributed by atoms with E-state index in [9.17, 15) is 18.8 Å². The zero-order valence-corrected chi connectivity index (χ0v) is 14.7. The highest BCUT2D eigenvalue weighted by molar-refractivity contribution is 6.11. The number of carbonyl (C=O) groups excluding carboxylic acids is 2. The molecule has 0 spiro atoms. The largest absolute Gasteiger partial charge is 0.340 e. The summed E-state index contributed by atoms with van der Waals surface area (Å²) in [5.74, 6) is -1.35. The van der Waals surface area contributed by atoms with Gasteiger partial charge in [-0.3, -0.25) is 19.0 Å². The van der Waals surface area contributed by atoms with E-state index >= 15 is 0 Å². The number of aromatic nitrogens is 1. The van der Waals surface area contributed by atoms with Gasteiger partial charge in [-0.15, -0.1) is 0 Å². The van der Waals surface area contributed by atoms with Crippen molar-refractivity contribution in [2.24, 2.45) is 0 Å². The smallest absolute Gasteiger partial charge is 0.253 e. The number of carbonyl (C=O) groups is 2. The van der Waals surface area contributed by atoms with E-state index in [0.717, 1.165) is 24.8 Å². The predicted octanol–water partition coefficient (Wildman–Crippen LogP) is 2.73. The van der Waals surface area contributed by atoms with Gasteiger partial charge in [0, 0.05) is 30.9 Å². The third kappa shape index (κ3) is 3.74. The number of aryl methyl sites for hydroxylation is 1. The van der Waals surface area contributed by atoms with Crippen LogP contribution in [0.1, 0.15) is 41.2 Å². The van der Waals surface area contributed by atoms with E-state index in [2.05, 4.69) is 0 Å². The second-order valence-corrected chi connectivity index (χ2v) is 6.61. The highest BCUT2D eigenvalue weighted by atomic mass is 19.1. The fourth-order valence-electron chi connectivity index (χ4n) is 3.23. The number of likely N-dealkylation sites (tertiary alicyclic amines) is 1. The van der Waals surface area contributed by atoms with E-state index in [1.54, 1.807) is 17.9 Å². The average Bonchev–Trinajstić information content (AvgIpc) is 2.66. The lowest BCUT2D eigenvalue weighted by atomic mass is 10.0. The number of amides is 1. The molecule has 1 atom stereocenters. The molecule has 1 fully saturated rings. The molecule has 1 aliphatic rings. The molecule has 1 saturated heterocycles. The quantitative estimate of drug-likeness (QED) is 0.625. The Morgan fingerprint density at radius 3 is 2.31 bits per heavy atom. The molecule has 0 radical (unpaired) electrons. The van der Waals surface area contributed by atoms with E-state index < -0.39 is 23.2 Å². The summed E-state index contributed by atoms with van der Waals surface area (Å²) in [4.78, 5) is 40.2. The second-order valence-electron chi connectivity index (χ2n) is 6.61. The number of piperidine rings is 1. The van der Waals surface area contributed by atoms with Crippen molar-refractivity contribution in [3.63, 3.8) is 0 Å². The molecule has 0 bridgehead atoms. The van der Waals surface area contributed by atoms with Crippen LogP contribution in [0, 0.1) is 12.7 Å². The normalized spacial score (nSPS) is 15.5. The SMILES string of the molecule is Cc1ccc(=O)n([C@H](C(=O)c2ccc(F)cc2)C(=O)N2CCCCC2)c1. The van der Waals surface area contributed by atoms with E-state index in [1.165, 1.54) is 41.1 Å². The number of nitrogens with zero attached hydrogens (tertiary/aromatic N) is 2. The van der Waals surface area contributed by atoms with Crippen LogP contribution in [0.3, 0.4) is 0 Å². The number of hydrogen-bond acceptors (Lipinski definition) is 3. The van der Waals surface area contributed by atoms with Gasteiger partial charge >= 0.3 is 0 Å². The summed E-state index contributed by atoms with van der Waals surface area (Å²) < 4.78 is 14.4. The lowest BCUT2D eigenvalue weighted by Crippen LogP contribution is -2.45. The molecule has 2 heterocycles. The Balaban J connectivity index is 2.04. The van der Waals surface area contributed by atoms with E-state index in [0.29, 0.717) is 13.1 Å². The van der Waals surface area contributed by atoms with Gasteiger partial charge in [-0.05, 0) is 56.0 Å². The Labute approximate surface area is 151 Å². The van der Waals surface area contributed by atoms with Gasteiger partial charge < -0.3 is 4.90 Å². The van der Waals surface area contributed by atoms with Gasteiger partial charge in [-0.25, -0.2) is 4.39 Å². The molecule has 2 aromatic rings. The summed E-state index contributed by atoms with van der Waals surface area (Å²) in [5, 5.41) is 0. The molecule has 1 aromatic heterocycles. The molecule has 1 amide bonds. The van der Waals surface area contributed by atoms with E-state index in [1.807, 2.05) is 0 Å². The van der Waals surface area contributed by atoms with E-state index in [-0.39, 0.29) is 11.5 Å². The summed E-state index contributed by atoms with van der Waals surface area (Å²) >= 11 is 0. The standard InChI is InChI=1S/C20H21FN2O3/c1-14-5-10-17(24)23(13-14)18(20(26)22-11-3-2-4-12-22)19(25)15-6-8-16(21)9-7-15/h5-10,13,18H,2-4,11-12H2,1H3/t18-/m1/s1. The predicted molar refractivity (Wildman–Crippen MR) is 95.6 cm³/mol. The first kappa shape index (κ1) is 18.0. The molecule has 1 aromatic carbocycles. The molecule has 3 rings (SSSR count). The van der Waals surface area contributed by atoms with Crippen LogP contribution < -0.4 is 5.56 Å². The van der Waals surface area contributed by atoms with Crippen LogP contribution in [-0.4, -0.2) is 34.2 Å². The van der Waals surface area contributed by atoms with Crippen molar-refractivity contribution in [3.8, 4) is 0 Å². The molecule has 0 aliphatic carbocycles. The molecule has 0 N–H and O–H groups in total. The molecule has 1 aliphatic heterocycles. The maximum absolute atomic E-state index is 13.2. The highest BCUT2D eigenvalue weighted by Gasteiger charge is 2.34. The van der Waals surface area contributed by atoms with Crippen molar-refractivity contribution < 1.29 is 14.0 Å². The van der Waals surface area contributed by atoms with Crippen molar-refractivity contribution in [2.75, 3.05) is 13.1 Å². The minimum atomic E-state index is -1.27. The summed E-state index contributed by atoms with van der Waals surface area (Å²) in [6.45, 7) is 2.94. The monoisotopic (exact) mass is 356 g/mol. The molecule has 0 saturated carbocycles. The van der Waals surface area contributed by atoms with Crippen molar-refractivity contribution >= 4 is 11.7 Å². The topological polar surface area (TPSA) is 59.4 Å². The van der Waals surface area contributed by atoms with Crippen LogP contribution >= 0.6 is 0 Å². The van der Waals surface area contributed by atoms with Gasteiger partial charge in [0.1, 0.15) is 5.82 Å². The van der Waals surface area contributed by atoms with Gasteiger partial charge in [-0.1, -0.05) is 6.07 Å². The zero-order valence-electron chi connectivity index (χ0n) is 14.7. The maximum atomic E-state index is 13.2. The fourth-order valence-corrected chi connectivity index (χ4v) is 3.23. The van der Waals surface area contributed by atoms with Gasteiger partial charge in [0.2, 0.25) is 0 Å². The van der Waals surface area contributed by atoms with Crippen molar-refractivity contribution in [3.05, 3.63) is 69.9 Å². The molecule has 0 unspecified atom stereocenters. The molecular weight excluding hydrogens is 335 g/mol. The molecule has 136 valence electrons. The highest BCUT2D eigenvalue weighted by Crippen LogP contribution is 2.20. The lowest BCUT2D eigenvalue weighted by Gasteiger charge is -2.30. The van der Waals surface area contributed by atoms with Gasteiger partial charge in [0.15, 0.2) is 11.8 Å². The third-order valence-electron chi connectivity index (χ3n) is 4.64. The van der Waals surface area contributed by atoms with E-state index in [4.69, 9.17) is 0 Å². The van der Waals surface area contributed by atoms with Crippen molar-refractivity contribution in [1.29, 1.82) is 0 Å². The number of rotatable bonds is 4. The Bertz CT molecular complexity index is 867. The Morgan fingerprint density at radius 2 is 1.65 bits per heavy atom. The van der Waals surface area contributed by atoms with Crippen LogP contribution in [0.5, 0.6) is 0 Å². The number of benzene rings is 1. The molecule has 5 nitrogen and oxygen atoms in total. The van der Waals surface area contributed by atoms with Crippen LogP contribution in [0.2, 0.25) is 0 Å². The summed E-state index contributed by atoms with van der Waals surface area (Å²) in [6, 6.07) is 6.76. The minimum Gasteiger partial charge on any atom is -0.340 e. The fraction of sp³-hybridized carbons (Fsp3) is 0.350. The Hall–Kier alpha value is -2.76. The third-order valence-corrected chi connectivity index (χ3v) is 4.64. The van der Waals surface area contributed by atoms with Gasteiger partial charge in [-0.2, -0.15) is 0 Å². The average molecular weight is 356 g/mol. The maximum Gasteiger partial charge on any atom is 0.253 e. The first-order valence-corrected chi connectivity index (χ1v) is 8.75. The summed E-state index contributed by atoms with van der Waals surface area (Å²) in [6.07, 6.45) is 4.33. The number of Topliss-reactive ketones (excluding diaryl/α,β-unsaturated/α-hetero) is 1. The van der Waals surface area contributed by atoms with Crippen LogP contribution in [-0.2, 0) is 4.79 Å². The second kappa shape index (κ2) is 7.64. The first-order valence-electron chi connectivity index (χ1n) is 8.75. The molecule has 6 heteroatoms. The Kier molecular flexibility index (Phi) is 5.30. The minimum absolute atomic E-state index is 0.204. The van der Waals surface area contributed by atoms with Crippen LogP contribution in [0.25, 0.3) is 0 Å². The molecular formula is C20H21FN2O3. The first-order chi connectivity index (χ1) is 12.5. The summed E-state index contributed by atoms with van der Waals surface area (Å²) in [7, 11) is 0. The number of ketones is 1.